The number of para-hydroxylation sites is 1. The van der Waals surface area contributed by atoms with Gasteiger partial charge in [-0.05, 0) is 96.0 Å². The maximum Gasteiger partial charge on any atom is 0.261 e. The average Bonchev–Trinajstić information content (AvgIpc) is 3.93. The van der Waals surface area contributed by atoms with Crippen LogP contribution in [0.15, 0.2) is 64.3 Å². The van der Waals surface area contributed by atoms with Crippen LogP contribution in [0, 0.1) is 25.1 Å². The molecule has 4 amide bonds. The summed E-state index contributed by atoms with van der Waals surface area (Å²) in [5.74, 6) is 0.974. The number of amides is 4. The molecule has 0 bridgehead atoms. The third kappa shape index (κ3) is 11.4. The molecule has 6 rings (SSSR count). The number of carbonyl (C=O) groups excluding carboxylic acids is 4. The number of halogens is 5. The van der Waals surface area contributed by atoms with E-state index in [1.165, 1.54) is 11.0 Å². The number of alkyl halides is 3. The second-order valence-corrected chi connectivity index (χ2v) is 15.9. The van der Waals surface area contributed by atoms with Gasteiger partial charge in [-0.1, -0.05) is 65.8 Å². The Morgan fingerprint density at radius 1 is 1.08 bits per heavy atom. The number of anilines is 2. The summed E-state index contributed by atoms with van der Waals surface area (Å²) >= 11 is 22.9. The summed E-state index contributed by atoms with van der Waals surface area (Å²) in [4.78, 5) is 51.8. The van der Waals surface area contributed by atoms with Gasteiger partial charge >= 0.3 is 0 Å². The SMILES string of the molecule is C#CC(C)Oc1cc(N2C(=O)C3=C(CCCC3)C2=O)c(F)cc1Cl.CC1(C)OC(c2ccco2)CN1C(=O)C(Cl)Cl.CCOCN(C(=O)CCl)c1c(C)cccc1CC. The molecule has 16 heteroatoms. The van der Waals surface area contributed by atoms with Gasteiger partial charge in [-0.15, -0.1) is 18.0 Å². The van der Waals surface area contributed by atoms with Gasteiger partial charge < -0.3 is 23.5 Å². The number of hydrogen-bond acceptors (Lipinski definition) is 8. The maximum absolute atomic E-state index is 14.4. The minimum absolute atomic E-state index is 0.0233. The number of benzene rings is 2. The number of imide groups is 1. The summed E-state index contributed by atoms with van der Waals surface area (Å²) < 4.78 is 36.2. The van der Waals surface area contributed by atoms with Gasteiger partial charge in [0.1, 0.15) is 41.8 Å². The second-order valence-electron chi connectivity index (χ2n) is 14.1. The van der Waals surface area contributed by atoms with E-state index in [-0.39, 0.29) is 47.0 Å². The molecule has 3 heterocycles. The molecule has 0 spiro atoms. The number of furan rings is 1. The molecule has 2 aliphatic heterocycles. The summed E-state index contributed by atoms with van der Waals surface area (Å²) in [6.07, 6.45) is 9.63. The molecule has 11 nitrogen and oxygen atoms in total. The second kappa shape index (κ2) is 21.4. The molecule has 3 aromatic rings. The van der Waals surface area contributed by atoms with E-state index in [4.69, 9.17) is 71.5 Å². The van der Waals surface area contributed by atoms with Crippen molar-refractivity contribution in [2.45, 2.75) is 96.4 Å². The van der Waals surface area contributed by atoms with Gasteiger partial charge in [0.25, 0.3) is 17.7 Å². The van der Waals surface area contributed by atoms with Crippen molar-refractivity contribution >= 4 is 81.4 Å². The van der Waals surface area contributed by atoms with E-state index in [9.17, 15) is 23.6 Å². The highest BCUT2D eigenvalue weighted by Crippen LogP contribution is 2.40. The monoisotopic (exact) mass is 893 g/mol. The van der Waals surface area contributed by atoms with E-state index in [1.54, 1.807) is 38.0 Å². The van der Waals surface area contributed by atoms with Crippen molar-refractivity contribution in [3.63, 3.8) is 0 Å². The molecule has 0 N–H and O–H groups in total. The lowest BCUT2D eigenvalue weighted by Crippen LogP contribution is -2.45. The summed E-state index contributed by atoms with van der Waals surface area (Å²) in [7, 11) is 0. The Balaban J connectivity index is 0.000000200. The summed E-state index contributed by atoms with van der Waals surface area (Å²) in [6, 6.07) is 11.9. The molecule has 1 aliphatic carbocycles. The molecule has 1 fully saturated rings. The smallest absolute Gasteiger partial charge is 0.261 e. The fourth-order valence-electron chi connectivity index (χ4n) is 6.80. The molecule has 59 heavy (non-hydrogen) atoms. The Morgan fingerprint density at radius 2 is 1.75 bits per heavy atom. The summed E-state index contributed by atoms with van der Waals surface area (Å²) in [5, 5.41) is 0.0233. The third-order valence-corrected chi connectivity index (χ3v) is 10.6. The first-order valence-corrected chi connectivity index (χ1v) is 20.9. The minimum atomic E-state index is -1.08. The molecule has 318 valence electrons. The van der Waals surface area contributed by atoms with Crippen molar-refractivity contribution in [3.8, 4) is 18.1 Å². The summed E-state index contributed by atoms with van der Waals surface area (Å²) in [5.41, 5.74) is 3.19. The Bertz CT molecular complexity index is 2040. The zero-order chi connectivity index (χ0) is 43.6. The van der Waals surface area contributed by atoms with Gasteiger partial charge in [0.2, 0.25) is 5.91 Å². The van der Waals surface area contributed by atoms with Crippen molar-refractivity contribution in [2.24, 2.45) is 0 Å². The van der Waals surface area contributed by atoms with Crippen LogP contribution in [0.25, 0.3) is 0 Å². The van der Waals surface area contributed by atoms with E-state index in [0.29, 0.717) is 42.9 Å². The first-order valence-electron chi connectivity index (χ1n) is 19.1. The number of carbonyl (C=O) groups is 4. The van der Waals surface area contributed by atoms with Crippen molar-refractivity contribution < 1.29 is 42.2 Å². The van der Waals surface area contributed by atoms with Crippen molar-refractivity contribution in [3.05, 3.63) is 87.6 Å². The van der Waals surface area contributed by atoms with Crippen molar-refractivity contribution in [1.29, 1.82) is 0 Å². The molecule has 2 atom stereocenters. The van der Waals surface area contributed by atoms with Gasteiger partial charge in [-0.25, -0.2) is 9.29 Å². The Kier molecular flexibility index (Phi) is 17.3. The molecule has 0 saturated carbocycles. The normalized spacial score (nSPS) is 17.4. The quantitative estimate of drug-likeness (QED) is 0.0809. The standard InChI is InChI=1S/C18H15ClFNO3.C14H20ClNO2.C11H13Cl2NO3/c1-3-10(2)24-16-9-15(14(20)8-13(16)19)21-17(22)11-6-4-5-7-12(11)18(21)23;1-4-12-8-6-7-11(3)14(12)16(10-18-5-2)13(17)9-15;1-11(2)14(10(15)9(12)13)6-8(17-11)7-4-3-5-16-7/h1,8-10H,4-7H2,2H3;6-8H,4-5,9-10H2,1-3H3;3-5,8-9H,6H2,1-2H3. The number of rotatable bonds is 11. The highest BCUT2D eigenvalue weighted by molar-refractivity contribution is 6.53. The van der Waals surface area contributed by atoms with E-state index < -0.39 is 34.3 Å². The molecule has 1 aromatic heterocycles. The number of nitrogens with zero attached hydrogens (tertiary/aromatic N) is 3. The third-order valence-electron chi connectivity index (χ3n) is 9.73. The molecular formula is C43H48Cl4FN3O8. The van der Waals surface area contributed by atoms with Crippen LogP contribution < -0.4 is 14.5 Å². The van der Waals surface area contributed by atoms with Gasteiger partial charge in [-0.2, -0.15) is 0 Å². The zero-order valence-corrected chi connectivity index (χ0v) is 36.8. The van der Waals surface area contributed by atoms with Gasteiger partial charge in [-0.3, -0.25) is 24.1 Å². The lowest BCUT2D eigenvalue weighted by Gasteiger charge is -2.29. The fourth-order valence-corrected chi connectivity index (χ4v) is 7.38. The number of hydrogen-bond donors (Lipinski definition) is 0. The van der Waals surface area contributed by atoms with Gasteiger partial charge in [0, 0.05) is 23.8 Å². The van der Waals surface area contributed by atoms with Crippen molar-refractivity contribution in [1.82, 2.24) is 4.90 Å². The molecule has 3 aliphatic rings. The van der Waals surface area contributed by atoms with Crippen LogP contribution in [-0.4, -0.2) is 71.0 Å². The van der Waals surface area contributed by atoms with Crippen molar-refractivity contribution in [2.75, 3.05) is 35.6 Å². The molecule has 0 radical (unpaired) electrons. The van der Waals surface area contributed by atoms with E-state index in [0.717, 1.165) is 47.0 Å². The van der Waals surface area contributed by atoms with Crippen LogP contribution in [0.5, 0.6) is 5.75 Å². The highest BCUT2D eigenvalue weighted by atomic mass is 35.5. The molecule has 1 saturated heterocycles. The van der Waals surface area contributed by atoms with E-state index >= 15 is 0 Å². The average molecular weight is 896 g/mol. The van der Waals surface area contributed by atoms with Crippen LogP contribution in [0.2, 0.25) is 5.02 Å². The van der Waals surface area contributed by atoms with E-state index in [2.05, 4.69) is 12.8 Å². The van der Waals surface area contributed by atoms with Crippen LogP contribution in [0.4, 0.5) is 15.8 Å². The minimum Gasteiger partial charge on any atom is -0.476 e. The number of ether oxygens (including phenoxy) is 3. The van der Waals surface area contributed by atoms with Crippen LogP contribution in [0.3, 0.4) is 0 Å². The summed E-state index contributed by atoms with van der Waals surface area (Å²) in [6.45, 7) is 12.4. The molecular weight excluding hydrogens is 847 g/mol. The lowest BCUT2D eigenvalue weighted by atomic mass is 9.93. The first kappa shape index (κ1) is 47.6. The van der Waals surface area contributed by atoms with Crippen LogP contribution in [0.1, 0.15) is 83.3 Å². The zero-order valence-electron chi connectivity index (χ0n) is 33.8. The predicted octanol–water partition coefficient (Wildman–Crippen LogP) is 9.47. The first-order chi connectivity index (χ1) is 28.0. The Morgan fingerprint density at radius 3 is 2.29 bits per heavy atom. The van der Waals surface area contributed by atoms with Gasteiger partial charge in [0.15, 0.2) is 10.9 Å². The maximum atomic E-state index is 14.4. The molecule has 2 aromatic carbocycles. The predicted molar refractivity (Wildman–Crippen MR) is 227 cm³/mol. The van der Waals surface area contributed by atoms with E-state index in [1.807, 2.05) is 38.1 Å². The lowest BCUT2D eigenvalue weighted by molar-refractivity contribution is -0.144. The fraction of sp³-hybridized carbons (Fsp3) is 0.442. The molecule has 2 unspecified atom stereocenters. The number of aryl methyl sites for hydroxylation is 2. The Hall–Kier alpha value is -4.09. The van der Waals surface area contributed by atoms with Gasteiger partial charge in [0.05, 0.1) is 29.2 Å². The van der Waals surface area contributed by atoms with Crippen LogP contribution >= 0.6 is 46.4 Å². The van der Waals surface area contributed by atoms with Crippen LogP contribution in [-0.2, 0) is 35.1 Å². The Labute approximate surface area is 364 Å². The highest BCUT2D eigenvalue weighted by Gasteiger charge is 2.45. The largest absolute Gasteiger partial charge is 0.476 e. The number of terminal acetylenes is 1. The topological polar surface area (TPSA) is 119 Å².